The number of rotatable bonds is 5. The molecule has 1 aromatic carbocycles. The molecule has 0 atom stereocenters. The van der Waals surface area contributed by atoms with Gasteiger partial charge in [0.2, 0.25) is 0 Å². The Bertz CT molecular complexity index is 779. The number of benzene rings is 1. The van der Waals surface area contributed by atoms with Crippen LogP contribution in [-0.4, -0.2) is 14.8 Å². The summed E-state index contributed by atoms with van der Waals surface area (Å²) < 4.78 is 2.05. The largest absolute Gasteiger partial charge is 0.305 e. The Balaban J connectivity index is 1.76. The first kappa shape index (κ1) is 15.6. The third-order valence-electron chi connectivity index (χ3n) is 3.35. The van der Waals surface area contributed by atoms with E-state index in [0.717, 1.165) is 33.7 Å². The number of aromatic nitrogens is 3. The van der Waals surface area contributed by atoms with Gasteiger partial charge in [0.15, 0.2) is 11.0 Å². The summed E-state index contributed by atoms with van der Waals surface area (Å²) in [6.45, 7) is 2.17. The molecule has 2 aromatic heterocycles. The molecular formula is C16H16ClN3S2. The van der Waals surface area contributed by atoms with Gasteiger partial charge in [-0.05, 0) is 30.2 Å². The van der Waals surface area contributed by atoms with Gasteiger partial charge in [0.05, 0.1) is 0 Å². The molecule has 0 aliphatic rings. The summed E-state index contributed by atoms with van der Waals surface area (Å²) in [5.74, 6) is 1.75. The van der Waals surface area contributed by atoms with Gasteiger partial charge in [-0.15, -0.1) is 21.5 Å². The number of hydrogen-bond acceptors (Lipinski definition) is 4. The highest BCUT2D eigenvalue weighted by molar-refractivity contribution is 7.98. The molecule has 0 fully saturated rings. The van der Waals surface area contributed by atoms with Crippen molar-refractivity contribution in [1.82, 2.24) is 14.8 Å². The maximum absolute atomic E-state index is 6.02. The van der Waals surface area contributed by atoms with Gasteiger partial charge in [0.25, 0.3) is 0 Å². The zero-order valence-corrected chi connectivity index (χ0v) is 14.8. The van der Waals surface area contributed by atoms with E-state index in [1.807, 2.05) is 25.2 Å². The van der Waals surface area contributed by atoms with E-state index < -0.39 is 0 Å². The summed E-state index contributed by atoms with van der Waals surface area (Å²) in [6, 6.07) is 10.1. The molecule has 0 N–H and O–H groups in total. The van der Waals surface area contributed by atoms with Crippen LogP contribution in [0.1, 0.15) is 17.4 Å². The van der Waals surface area contributed by atoms with Gasteiger partial charge in [-0.2, -0.15) is 0 Å². The number of thiophene rings is 1. The van der Waals surface area contributed by atoms with Crippen molar-refractivity contribution in [2.75, 3.05) is 0 Å². The SMILES string of the molecule is CCc1cc(-c2nnc(SCc3cccc(Cl)c3)n2C)cs1. The van der Waals surface area contributed by atoms with Crippen LogP contribution in [0.25, 0.3) is 11.4 Å². The fourth-order valence-corrected chi connectivity index (χ4v) is 4.03. The van der Waals surface area contributed by atoms with Crippen LogP contribution < -0.4 is 0 Å². The Kier molecular flexibility index (Phi) is 4.86. The first-order chi connectivity index (χ1) is 10.7. The molecule has 6 heteroatoms. The number of thioether (sulfide) groups is 1. The molecule has 0 saturated carbocycles. The molecular weight excluding hydrogens is 334 g/mol. The Morgan fingerprint density at radius 2 is 2.14 bits per heavy atom. The minimum atomic E-state index is 0.766. The van der Waals surface area contributed by atoms with E-state index in [2.05, 4.69) is 39.2 Å². The lowest BCUT2D eigenvalue weighted by Gasteiger charge is -2.03. The van der Waals surface area contributed by atoms with Gasteiger partial charge in [0, 0.05) is 33.6 Å². The molecule has 0 aliphatic carbocycles. The molecule has 3 nitrogen and oxygen atoms in total. The number of nitrogens with zero attached hydrogens (tertiary/aromatic N) is 3. The summed E-state index contributed by atoms with van der Waals surface area (Å²) in [7, 11) is 2.01. The molecule has 2 heterocycles. The van der Waals surface area contributed by atoms with Crippen molar-refractivity contribution in [1.29, 1.82) is 0 Å². The second kappa shape index (κ2) is 6.86. The first-order valence-corrected chi connectivity index (χ1v) is 9.26. The molecule has 0 unspecified atom stereocenters. The molecule has 0 aliphatic heterocycles. The topological polar surface area (TPSA) is 30.7 Å². The Hall–Kier alpha value is -1.30. The second-order valence-electron chi connectivity index (χ2n) is 4.94. The van der Waals surface area contributed by atoms with E-state index >= 15 is 0 Å². The normalized spacial score (nSPS) is 11.0. The Morgan fingerprint density at radius 1 is 1.27 bits per heavy atom. The predicted octanol–water partition coefficient (Wildman–Crippen LogP) is 5.05. The van der Waals surface area contributed by atoms with Crippen LogP contribution >= 0.6 is 34.7 Å². The smallest absolute Gasteiger partial charge is 0.191 e. The number of hydrogen-bond donors (Lipinski definition) is 0. The van der Waals surface area contributed by atoms with Gasteiger partial charge in [0.1, 0.15) is 0 Å². The summed E-state index contributed by atoms with van der Waals surface area (Å²) in [5.41, 5.74) is 2.33. The quantitative estimate of drug-likeness (QED) is 0.604. The van der Waals surface area contributed by atoms with E-state index in [1.165, 1.54) is 10.4 Å². The van der Waals surface area contributed by atoms with Crippen molar-refractivity contribution in [2.24, 2.45) is 7.05 Å². The molecule has 114 valence electrons. The van der Waals surface area contributed by atoms with Crippen LogP contribution in [0.3, 0.4) is 0 Å². The highest BCUT2D eigenvalue weighted by atomic mass is 35.5. The van der Waals surface area contributed by atoms with Crippen LogP contribution in [0.4, 0.5) is 0 Å². The van der Waals surface area contributed by atoms with Gasteiger partial charge in [-0.1, -0.05) is 42.4 Å². The van der Waals surface area contributed by atoms with Gasteiger partial charge in [-0.25, -0.2) is 0 Å². The predicted molar refractivity (Wildman–Crippen MR) is 94.7 cm³/mol. The molecule has 0 bridgehead atoms. The van der Waals surface area contributed by atoms with Crippen LogP contribution in [0.5, 0.6) is 0 Å². The molecule has 0 saturated heterocycles. The first-order valence-electron chi connectivity index (χ1n) is 7.01. The second-order valence-corrected chi connectivity index (χ2v) is 7.31. The lowest BCUT2D eigenvalue weighted by Crippen LogP contribution is -1.94. The van der Waals surface area contributed by atoms with Gasteiger partial charge >= 0.3 is 0 Å². The van der Waals surface area contributed by atoms with Crippen LogP contribution in [0.2, 0.25) is 5.02 Å². The summed E-state index contributed by atoms with van der Waals surface area (Å²) in [4.78, 5) is 1.37. The molecule has 22 heavy (non-hydrogen) atoms. The summed E-state index contributed by atoms with van der Waals surface area (Å²) in [6.07, 6.45) is 1.05. The maximum atomic E-state index is 6.02. The van der Waals surface area contributed by atoms with E-state index in [9.17, 15) is 0 Å². The number of halogens is 1. The minimum Gasteiger partial charge on any atom is -0.305 e. The van der Waals surface area contributed by atoms with Crippen molar-refractivity contribution >= 4 is 34.7 Å². The van der Waals surface area contributed by atoms with E-state index in [4.69, 9.17) is 11.6 Å². The van der Waals surface area contributed by atoms with Crippen molar-refractivity contribution in [3.63, 3.8) is 0 Å². The van der Waals surface area contributed by atoms with Crippen molar-refractivity contribution in [3.05, 3.63) is 51.2 Å². The molecule has 3 rings (SSSR count). The number of aryl methyl sites for hydroxylation is 1. The van der Waals surface area contributed by atoms with Crippen molar-refractivity contribution in [3.8, 4) is 11.4 Å². The van der Waals surface area contributed by atoms with Crippen molar-refractivity contribution < 1.29 is 0 Å². The summed E-state index contributed by atoms with van der Waals surface area (Å²) in [5, 5.41) is 12.5. The molecule has 0 amide bonds. The highest BCUT2D eigenvalue weighted by Gasteiger charge is 2.12. The molecule has 0 spiro atoms. The van der Waals surface area contributed by atoms with E-state index in [-0.39, 0.29) is 0 Å². The third-order valence-corrected chi connectivity index (χ3v) is 5.76. The van der Waals surface area contributed by atoms with Crippen LogP contribution in [-0.2, 0) is 19.2 Å². The Morgan fingerprint density at radius 3 is 2.86 bits per heavy atom. The van der Waals surface area contributed by atoms with E-state index in [0.29, 0.717) is 0 Å². The average Bonchev–Trinajstić information content (AvgIpc) is 3.12. The average molecular weight is 350 g/mol. The van der Waals surface area contributed by atoms with E-state index in [1.54, 1.807) is 23.1 Å². The van der Waals surface area contributed by atoms with Crippen LogP contribution in [0.15, 0.2) is 40.9 Å². The van der Waals surface area contributed by atoms with Gasteiger partial charge < -0.3 is 4.57 Å². The van der Waals surface area contributed by atoms with Crippen LogP contribution in [0, 0.1) is 0 Å². The lowest BCUT2D eigenvalue weighted by molar-refractivity contribution is 0.794. The zero-order valence-electron chi connectivity index (χ0n) is 12.4. The molecule has 0 radical (unpaired) electrons. The third kappa shape index (κ3) is 3.37. The lowest BCUT2D eigenvalue weighted by atomic mass is 10.2. The van der Waals surface area contributed by atoms with Gasteiger partial charge in [-0.3, -0.25) is 0 Å². The summed E-state index contributed by atoms with van der Waals surface area (Å²) >= 11 is 9.46. The highest BCUT2D eigenvalue weighted by Crippen LogP contribution is 2.28. The Labute approximate surface area is 143 Å². The maximum Gasteiger partial charge on any atom is 0.191 e. The fraction of sp³-hybridized carbons (Fsp3) is 0.250. The minimum absolute atomic E-state index is 0.766. The zero-order chi connectivity index (χ0) is 15.5. The monoisotopic (exact) mass is 349 g/mol. The fourth-order valence-electron chi connectivity index (χ4n) is 2.15. The standard InChI is InChI=1S/C16H16ClN3S2/c1-3-14-8-12(10-21-14)15-18-19-16(20(15)2)22-9-11-5-4-6-13(17)7-11/h4-8,10H,3,9H2,1-2H3. The molecule has 3 aromatic rings. The van der Waals surface area contributed by atoms with Crippen molar-refractivity contribution in [2.45, 2.75) is 24.3 Å².